The van der Waals surface area contributed by atoms with E-state index >= 15 is 0 Å². The van der Waals surface area contributed by atoms with Gasteiger partial charge in [0.05, 0.1) is 11.2 Å². The molecule has 0 radical (unpaired) electrons. The molecular weight excluding hydrogens is 326 g/mol. The minimum absolute atomic E-state index is 0.0204. The smallest absolute Gasteiger partial charge is 0.315 e. The number of para-hydroxylation sites is 1. The van der Waals surface area contributed by atoms with E-state index in [1.807, 2.05) is 23.9 Å². The van der Waals surface area contributed by atoms with Crippen molar-refractivity contribution in [1.29, 1.82) is 0 Å². The maximum atomic E-state index is 12.3. The Labute approximate surface area is 155 Å². The number of rotatable bonds is 4. The summed E-state index contributed by atoms with van der Waals surface area (Å²) in [5.74, 6) is 0. The summed E-state index contributed by atoms with van der Waals surface area (Å²) in [7, 11) is 1.95. The van der Waals surface area contributed by atoms with Crippen LogP contribution in [0, 0.1) is 0 Å². The van der Waals surface area contributed by atoms with Crippen LogP contribution < -0.4 is 16.0 Å². The third-order valence-electron chi connectivity index (χ3n) is 5.01. The molecular formula is C20H31N5O. The molecule has 1 aromatic carbocycles. The van der Waals surface area contributed by atoms with Crippen molar-refractivity contribution in [3.8, 4) is 0 Å². The molecule has 26 heavy (non-hydrogen) atoms. The van der Waals surface area contributed by atoms with Crippen LogP contribution in [0.1, 0.15) is 46.2 Å². The highest BCUT2D eigenvalue weighted by atomic mass is 16.2. The maximum absolute atomic E-state index is 12.3. The van der Waals surface area contributed by atoms with Gasteiger partial charge in [0, 0.05) is 42.5 Å². The van der Waals surface area contributed by atoms with Gasteiger partial charge in [0.1, 0.15) is 0 Å². The Morgan fingerprint density at radius 2 is 1.88 bits per heavy atom. The first-order valence-corrected chi connectivity index (χ1v) is 9.40. The summed E-state index contributed by atoms with van der Waals surface area (Å²) >= 11 is 0. The van der Waals surface area contributed by atoms with Gasteiger partial charge >= 0.3 is 6.03 Å². The molecule has 0 spiro atoms. The molecule has 3 N–H and O–H groups in total. The second-order valence-electron chi connectivity index (χ2n) is 8.74. The number of nitrogens with one attached hydrogen (secondary N) is 3. The molecule has 142 valence electrons. The van der Waals surface area contributed by atoms with Gasteiger partial charge in [-0.3, -0.25) is 4.68 Å². The highest BCUT2D eigenvalue weighted by Crippen LogP contribution is 2.28. The summed E-state index contributed by atoms with van der Waals surface area (Å²) in [6, 6.07) is 8.26. The van der Waals surface area contributed by atoms with Crippen LogP contribution in [0.5, 0.6) is 0 Å². The normalized spacial score (nSPS) is 19.4. The number of nitrogens with zero attached hydrogens (tertiary/aromatic N) is 2. The minimum atomic E-state index is -0.0938. The first-order chi connectivity index (χ1) is 12.2. The number of amides is 2. The van der Waals surface area contributed by atoms with E-state index in [4.69, 9.17) is 0 Å². The van der Waals surface area contributed by atoms with Crippen LogP contribution in [0.15, 0.2) is 24.3 Å². The molecule has 1 aromatic heterocycles. The van der Waals surface area contributed by atoms with Crippen molar-refractivity contribution in [2.75, 3.05) is 6.54 Å². The topological polar surface area (TPSA) is 71.0 Å². The van der Waals surface area contributed by atoms with Crippen molar-refractivity contribution in [2.24, 2.45) is 7.05 Å². The van der Waals surface area contributed by atoms with Crippen LogP contribution in [0.4, 0.5) is 4.79 Å². The van der Waals surface area contributed by atoms with Crippen LogP contribution in [-0.2, 0) is 13.5 Å². The van der Waals surface area contributed by atoms with Gasteiger partial charge in [-0.2, -0.15) is 5.10 Å². The zero-order valence-electron chi connectivity index (χ0n) is 16.5. The molecule has 1 saturated heterocycles. The standard InChI is InChI=1S/C20H31N5O/c1-19(2)12-14(13-20(3,4)24-19)22-18(26)21-11-10-16-15-8-6-7-9-17(15)25(5)23-16/h6-9,14,24H,10-13H2,1-5H3,(H2,21,22,26). The van der Waals surface area contributed by atoms with Gasteiger partial charge in [-0.25, -0.2) is 4.79 Å². The van der Waals surface area contributed by atoms with Gasteiger partial charge in [0.25, 0.3) is 0 Å². The lowest BCUT2D eigenvalue weighted by atomic mass is 9.80. The highest BCUT2D eigenvalue weighted by Gasteiger charge is 2.38. The Morgan fingerprint density at radius 3 is 2.58 bits per heavy atom. The third-order valence-corrected chi connectivity index (χ3v) is 5.01. The fourth-order valence-electron chi connectivity index (χ4n) is 4.43. The van der Waals surface area contributed by atoms with E-state index in [0.717, 1.165) is 35.9 Å². The first-order valence-electron chi connectivity index (χ1n) is 9.40. The van der Waals surface area contributed by atoms with Gasteiger partial charge in [0.2, 0.25) is 0 Å². The zero-order valence-corrected chi connectivity index (χ0v) is 16.5. The van der Waals surface area contributed by atoms with Crippen LogP contribution in [-0.4, -0.2) is 39.5 Å². The van der Waals surface area contributed by atoms with E-state index < -0.39 is 0 Å². The monoisotopic (exact) mass is 357 g/mol. The molecule has 6 heteroatoms. The van der Waals surface area contributed by atoms with Crippen LogP contribution in [0.3, 0.4) is 0 Å². The Morgan fingerprint density at radius 1 is 1.23 bits per heavy atom. The Hall–Kier alpha value is -2.08. The second-order valence-corrected chi connectivity index (χ2v) is 8.74. The Kier molecular flexibility index (Phi) is 4.97. The van der Waals surface area contributed by atoms with Crippen molar-refractivity contribution in [3.63, 3.8) is 0 Å². The van der Waals surface area contributed by atoms with Crippen LogP contribution in [0.25, 0.3) is 10.9 Å². The number of benzene rings is 1. The Bertz CT molecular complexity index is 777. The molecule has 1 fully saturated rings. The van der Waals surface area contributed by atoms with Gasteiger partial charge in [-0.15, -0.1) is 0 Å². The Balaban J connectivity index is 1.53. The number of carbonyl (C=O) groups excluding carboxylic acids is 1. The fraction of sp³-hybridized carbons (Fsp3) is 0.600. The predicted octanol–water partition coefficient (Wildman–Crippen LogP) is 2.72. The summed E-state index contributed by atoms with van der Waals surface area (Å²) in [6.45, 7) is 9.32. The van der Waals surface area contributed by atoms with Gasteiger partial charge in [0.15, 0.2) is 0 Å². The van der Waals surface area contributed by atoms with Crippen molar-refractivity contribution in [2.45, 2.75) is 64.1 Å². The minimum Gasteiger partial charge on any atom is -0.338 e. The average molecular weight is 358 g/mol. The largest absolute Gasteiger partial charge is 0.338 e. The number of urea groups is 1. The lowest BCUT2D eigenvalue weighted by Gasteiger charge is -2.46. The van der Waals surface area contributed by atoms with Crippen molar-refractivity contribution < 1.29 is 4.79 Å². The molecule has 1 aliphatic rings. The highest BCUT2D eigenvalue weighted by molar-refractivity contribution is 5.82. The molecule has 0 aliphatic carbocycles. The van der Waals surface area contributed by atoms with Crippen molar-refractivity contribution in [3.05, 3.63) is 30.0 Å². The summed E-state index contributed by atoms with van der Waals surface area (Å²) in [4.78, 5) is 12.3. The maximum Gasteiger partial charge on any atom is 0.315 e. The van der Waals surface area contributed by atoms with E-state index in [1.54, 1.807) is 0 Å². The van der Waals surface area contributed by atoms with Gasteiger partial charge in [-0.05, 0) is 46.6 Å². The number of fused-ring (bicyclic) bond motifs is 1. The van der Waals surface area contributed by atoms with Crippen molar-refractivity contribution >= 4 is 16.9 Å². The number of aryl methyl sites for hydroxylation is 1. The average Bonchev–Trinajstić information content (AvgIpc) is 2.81. The quantitative estimate of drug-likeness (QED) is 0.788. The van der Waals surface area contributed by atoms with E-state index in [-0.39, 0.29) is 23.2 Å². The predicted molar refractivity (Wildman–Crippen MR) is 105 cm³/mol. The van der Waals surface area contributed by atoms with Gasteiger partial charge < -0.3 is 16.0 Å². The molecule has 1 aliphatic heterocycles. The first kappa shape index (κ1) is 18.7. The van der Waals surface area contributed by atoms with E-state index in [1.165, 1.54) is 0 Å². The van der Waals surface area contributed by atoms with Gasteiger partial charge in [-0.1, -0.05) is 18.2 Å². The number of piperidine rings is 1. The molecule has 2 aromatic rings. The summed E-state index contributed by atoms with van der Waals surface area (Å²) in [5.41, 5.74) is 2.18. The zero-order chi connectivity index (χ0) is 18.9. The SMILES string of the molecule is Cn1nc(CCNC(=O)NC2CC(C)(C)NC(C)(C)C2)c2ccccc21. The second kappa shape index (κ2) is 6.91. The van der Waals surface area contributed by atoms with Crippen molar-refractivity contribution in [1.82, 2.24) is 25.7 Å². The summed E-state index contributed by atoms with van der Waals surface area (Å²) in [6.07, 6.45) is 2.57. The lowest BCUT2D eigenvalue weighted by Crippen LogP contribution is -2.62. The van der Waals surface area contributed by atoms with Crippen LogP contribution >= 0.6 is 0 Å². The third kappa shape index (κ3) is 4.36. The fourth-order valence-corrected chi connectivity index (χ4v) is 4.43. The lowest BCUT2D eigenvalue weighted by molar-refractivity contribution is 0.147. The van der Waals surface area contributed by atoms with E-state index in [0.29, 0.717) is 6.54 Å². The molecule has 3 rings (SSSR count). The van der Waals surface area contributed by atoms with E-state index in [9.17, 15) is 4.79 Å². The van der Waals surface area contributed by atoms with Crippen LogP contribution in [0.2, 0.25) is 0 Å². The molecule has 0 saturated carbocycles. The molecule has 2 heterocycles. The number of hydrogen-bond donors (Lipinski definition) is 3. The molecule has 0 atom stereocenters. The number of hydrogen-bond acceptors (Lipinski definition) is 3. The number of aromatic nitrogens is 2. The molecule has 0 bridgehead atoms. The van der Waals surface area contributed by atoms with E-state index in [2.05, 4.69) is 60.9 Å². The molecule has 6 nitrogen and oxygen atoms in total. The summed E-state index contributed by atoms with van der Waals surface area (Å²) < 4.78 is 1.89. The molecule has 2 amide bonds. The number of carbonyl (C=O) groups is 1. The molecule has 0 unspecified atom stereocenters. The summed E-state index contributed by atoms with van der Waals surface area (Å²) in [5, 5.41) is 15.5.